The number of nitrogen functional groups attached to an aromatic ring is 1. The van der Waals surface area contributed by atoms with Gasteiger partial charge in [0.15, 0.2) is 6.04 Å². The maximum atomic E-state index is 14.5. The fourth-order valence-corrected chi connectivity index (χ4v) is 5.41. The van der Waals surface area contributed by atoms with Gasteiger partial charge in [0.1, 0.15) is 18.1 Å². The lowest BCUT2D eigenvalue weighted by atomic mass is 10.1. The van der Waals surface area contributed by atoms with E-state index in [0.717, 1.165) is 24.2 Å². The highest BCUT2D eigenvalue weighted by Gasteiger charge is 2.45. The summed E-state index contributed by atoms with van der Waals surface area (Å²) in [6.45, 7) is 2.44. The van der Waals surface area contributed by atoms with Crippen LogP contribution in [0.2, 0.25) is 0 Å². The maximum absolute atomic E-state index is 14.5. The van der Waals surface area contributed by atoms with Gasteiger partial charge in [-0.1, -0.05) is 36.4 Å². The second kappa shape index (κ2) is 10.3. The summed E-state index contributed by atoms with van der Waals surface area (Å²) in [5, 5.41) is 25.3. The molecule has 0 bridgehead atoms. The normalized spacial score (nSPS) is 20.2. The van der Waals surface area contributed by atoms with Gasteiger partial charge in [0.25, 0.3) is 5.91 Å². The molecule has 1 saturated heterocycles. The van der Waals surface area contributed by atoms with E-state index in [1.54, 1.807) is 42.5 Å². The number of amides is 2. The molecule has 0 aromatic heterocycles. The zero-order chi connectivity index (χ0) is 26.9. The molecule has 38 heavy (non-hydrogen) atoms. The smallest absolute Gasteiger partial charge is 0.279 e. The summed E-state index contributed by atoms with van der Waals surface area (Å²) in [4.78, 5) is 27.3. The molecular formula is C29H32N6O3. The molecule has 2 aliphatic rings. The van der Waals surface area contributed by atoms with Gasteiger partial charge in [-0.25, -0.2) is 0 Å². The molecule has 3 aromatic carbocycles. The SMILES string of the molecule is N=C(N)c1ccc2c(c1)[N+]([O-])(Cc1ccc(C(N)=O)cc1)C(C(=O)NCc1ccc(N3CCCC3)cc1)C2. The Balaban J connectivity index is 1.37. The van der Waals surface area contributed by atoms with E-state index in [-0.39, 0.29) is 24.7 Å². The molecular weight excluding hydrogens is 480 g/mol. The predicted molar refractivity (Wildman–Crippen MR) is 149 cm³/mol. The molecule has 0 radical (unpaired) electrons. The van der Waals surface area contributed by atoms with Crippen molar-refractivity contribution >= 4 is 29.0 Å². The Kier molecular flexibility index (Phi) is 6.88. The van der Waals surface area contributed by atoms with Crippen LogP contribution in [0, 0.1) is 10.6 Å². The minimum atomic E-state index is -0.911. The minimum Gasteiger partial charge on any atom is -0.627 e. The Bertz CT molecular complexity index is 1370. The number of nitrogens with zero attached hydrogens (tertiary/aromatic N) is 2. The first-order valence-electron chi connectivity index (χ1n) is 12.8. The number of rotatable bonds is 8. The lowest BCUT2D eigenvalue weighted by molar-refractivity contribution is -0.125. The van der Waals surface area contributed by atoms with E-state index in [0.29, 0.717) is 28.9 Å². The molecule has 2 unspecified atom stereocenters. The van der Waals surface area contributed by atoms with E-state index in [1.807, 2.05) is 12.1 Å². The van der Waals surface area contributed by atoms with E-state index in [4.69, 9.17) is 16.9 Å². The van der Waals surface area contributed by atoms with Crippen molar-refractivity contribution in [1.82, 2.24) is 9.96 Å². The van der Waals surface area contributed by atoms with E-state index < -0.39 is 16.6 Å². The summed E-state index contributed by atoms with van der Waals surface area (Å²) in [5.41, 5.74) is 15.8. The predicted octanol–water partition coefficient (Wildman–Crippen LogP) is 2.92. The highest BCUT2D eigenvalue weighted by atomic mass is 16.6. The van der Waals surface area contributed by atoms with Gasteiger partial charge >= 0.3 is 0 Å². The number of amidine groups is 1. The Hall–Kier alpha value is -4.21. The Labute approximate surface area is 221 Å². The first kappa shape index (κ1) is 25.4. The molecule has 0 aliphatic carbocycles. The second-order valence-electron chi connectivity index (χ2n) is 10.1. The lowest BCUT2D eigenvalue weighted by Crippen LogP contribution is -2.56. The second-order valence-corrected chi connectivity index (χ2v) is 10.1. The number of hydroxylamine groups is 2. The van der Waals surface area contributed by atoms with Crippen LogP contribution in [0.5, 0.6) is 0 Å². The third-order valence-electron chi connectivity index (χ3n) is 7.55. The Morgan fingerprint density at radius 1 is 0.947 bits per heavy atom. The quantitative estimate of drug-likeness (QED) is 0.158. The van der Waals surface area contributed by atoms with Crippen molar-refractivity contribution in [3.8, 4) is 0 Å². The highest BCUT2D eigenvalue weighted by Crippen LogP contribution is 2.41. The number of carbonyl (C=O) groups is 2. The Morgan fingerprint density at radius 2 is 1.58 bits per heavy atom. The molecule has 6 N–H and O–H groups in total. The van der Waals surface area contributed by atoms with Crippen LogP contribution in [0.3, 0.4) is 0 Å². The van der Waals surface area contributed by atoms with E-state index in [2.05, 4.69) is 22.3 Å². The van der Waals surface area contributed by atoms with Crippen molar-refractivity contribution < 1.29 is 9.59 Å². The van der Waals surface area contributed by atoms with Crippen molar-refractivity contribution in [2.75, 3.05) is 18.0 Å². The van der Waals surface area contributed by atoms with E-state index >= 15 is 0 Å². The molecule has 196 valence electrons. The third-order valence-corrected chi connectivity index (χ3v) is 7.55. The number of primary amides is 1. The summed E-state index contributed by atoms with van der Waals surface area (Å²) < 4.78 is -0.911. The van der Waals surface area contributed by atoms with Gasteiger partial charge in [0, 0.05) is 60.1 Å². The number of anilines is 1. The molecule has 3 aromatic rings. The number of hydrogen-bond acceptors (Lipinski definition) is 5. The van der Waals surface area contributed by atoms with Gasteiger partial charge in [-0.2, -0.15) is 0 Å². The van der Waals surface area contributed by atoms with Gasteiger partial charge in [0.2, 0.25) is 5.91 Å². The Morgan fingerprint density at radius 3 is 2.21 bits per heavy atom. The summed E-state index contributed by atoms with van der Waals surface area (Å²) >= 11 is 0. The fraction of sp³-hybridized carbons (Fsp3) is 0.276. The molecule has 2 amide bonds. The molecule has 5 rings (SSSR count). The molecule has 9 heteroatoms. The largest absolute Gasteiger partial charge is 0.627 e. The number of hydrogen-bond donors (Lipinski definition) is 4. The monoisotopic (exact) mass is 512 g/mol. The van der Waals surface area contributed by atoms with Crippen molar-refractivity contribution in [3.05, 3.63) is 99.8 Å². The maximum Gasteiger partial charge on any atom is 0.279 e. The number of carbonyl (C=O) groups excluding carboxylic acids is 2. The number of fused-ring (bicyclic) bond motifs is 1. The minimum absolute atomic E-state index is 0.0178. The standard InChI is InChI=1S/C29H32N6O3/c30-27(31)23-10-9-22-15-26(29(37)33-17-19-5-11-24(12-6-19)34-13-1-2-14-34)35(38,25(22)16-23)18-20-3-7-21(8-4-20)28(32)36/h3-12,16,26H,1-2,13-15,17-18H2,(H3,30,31)(H2,32,36)(H,33,37). The molecule has 9 nitrogen and oxygen atoms in total. The van der Waals surface area contributed by atoms with Crippen LogP contribution in [0.25, 0.3) is 0 Å². The van der Waals surface area contributed by atoms with E-state index in [1.165, 1.54) is 18.5 Å². The lowest BCUT2D eigenvalue weighted by Gasteiger charge is -2.43. The third kappa shape index (κ3) is 4.98. The van der Waals surface area contributed by atoms with Crippen LogP contribution < -0.4 is 26.3 Å². The molecule has 1 fully saturated rings. The van der Waals surface area contributed by atoms with Gasteiger partial charge in [-0.3, -0.25) is 15.0 Å². The van der Waals surface area contributed by atoms with Crippen LogP contribution in [0.4, 0.5) is 11.4 Å². The van der Waals surface area contributed by atoms with Gasteiger partial charge in [-0.15, -0.1) is 0 Å². The number of benzene rings is 3. The summed E-state index contributed by atoms with van der Waals surface area (Å²) in [7, 11) is 0. The van der Waals surface area contributed by atoms with E-state index in [9.17, 15) is 14.8 Å². The number of quaternary nitrogens is 1. The molecule has 0 saturated carbocycles. The molecule has 2 atom stereocenters. The van der Waals surface area contributed by atoms with Crippen molar-refractivity contribution in [2.24, 2.45) is 11.5 Å². The topological polar surface area (TPSA) is 148 Å². The van der Waals surface area contributed by atoms with Crippen molar-refractivity contribution in [1.29, 1.82) is 5.41 Å². The highest BCUT2D eigenvalue weighted by molar-refractivity contribution is 5.97. The summed E-state index contributed by atoms with van der Waals surface area (Å²) in [6, 6.07) is 18.9. The molecule has 0 spiro atoms. The van der Waals surface area contributed by atoms with Gasteiger partial charge in [0.05, 0.1) is 0 Å². The summed E-state index contributed by atoms with van der Waals surface area (Å²) in [6.07, 6.45) is 2.69. The fourth-order valence-electron chi connectivity index (χ4n) is 5.41. The van der Waals surface area contributed by atoms with Crippen LogP contribution in [-0.4, -0.2) is 36.8 Å². The van der Waals surface area contributed by atoms with Crippen LogP contribution >= 0.6 is 0 Å². The van der Waals surface area contributed by atoms with Crippen LogP contribution in [0.1, 0.15) is 45.5 Å². The average Bonchev–Trinajstić information content (AvgIpc) is 3.55. The zero-order valence-corrected chi connectivity index (χ0v) is 21.2. The molecule has 2 heterocycles. The number of nitrogens with one attached hydrogen (secondary N) is 2. The first-order valence-corrected chi connectivity index (χ1v) is 12.8. The first-order chi connectivity index (χ1) is 18.2. The van der Waals surface area contributed by atoms with Crippen molar-refractivity contribution in [3.63, 3.8) is 0 Å². The molecule has 2 aliphatic heterocycles. The average molecular weight is 513 g/mol. The van der Waals surface area contributed by atoms with Gasteiger partial charge < -0.3 is 31.5 Å². The van der Waals surface area contributed by atoms with Crippen LogP contribution in [0.15, 0.2) is 66.7 Å². The van der Waals surface area contributed by atoms with Crippen LogP contribution in [-0.2, 0) is 24.3 Å². The van der Waals surface area contributed by atoms with Gasteiger partial charge in [-0.05, 0) is 42.7 Å². The van der Waals surface area contributed by atoms with Crippen molar-refractivity contribution in [2.45, 2.75) is 38.4 Å². The number of nitrogens with two attached hydrogens (primary N) is 2. The summed E-state index contributed by atoms with van der Waals surface area (Å²) in [5.74, 6) is -1.03. The zero-order valence-electron chi connectivity index (χ0n) is 21.2.